The molecule has 1 N–H and O–H groups in total. The van der Waals surface area contributed by atoms with Crippen molar-refractivity contribution in [2.45, 2.75) is 17.3 Å². The molecule has 2 heterocycles. The predicted molar refractivity (Wildman–Crippen MR) is 88.9 cm³/mol. The zero-order valence-corrected chi connectivity index (χ0v) is 14.0. The number of nitrogens with zero attached hydrogens (tertiary/aromatic N) is 4. The molecule has 0 spiro atoms. The third kappa shape index (κ3) is 3.45. The summed E-state index contributed by atoms with van der Waals surface area (Å²) in [7, 11) is 0. The van der Waals surface area contributed by atoms with Crippen LogP contribution in [0.25, 0.3) is 5.78 Å². The smallest absolute Gasteiger partial charge is 0.253 e. The van der Waals surface area contributed by atoms with Crippen molar-refractivity contribution in [1.82, 2.24) is 19.6 Å². The molecule has 1 aromatic carbocycles. The number of hydrogen-bond donors (Lipinski definition) is 1. The zero-order valence-electron chi connectivity index (χ0n) is 11.6. The quantitative estimate of drug-likeness (QED) is 0.707. The number of aromatic nitrogens is 4. The number of hydrogen-bond acceptors (Lipinski definition) is 5. The number of thioether (sulfide) groups is 1. The van der Waals surface area contributed by atoms with Crippen LogP contribution in [0.2, 0.25) is 0 Å². The van der Waals surface area contributed by atoms with Crippen LogP contribution in [0.1, 0.15) is 6.92 Å². The van der Waals surface area contributed by atoms with E-state index >= 15 is 0 Å². The van der Waals surface area contributed by atoms with E-state index in [1.54, 1.807) is 23.0 Å². The lowest BCUT2D eigenvalue weighted by Crippen LogP contribution is -2.22. The average Bonchev–Trinajstić information content (AvgIpc) is 2.89. The molecule has 8 heteroatoms. The fraction of sp³-hybridized carbons (Fsp3) is 0.143. The highest BCUT2D eigenvalue weighted by Gasteiger charge is 2.17. The van der Waals surface area contributed by atoms with Gasteiger partial charge >= 0.3 is 0 Å². The van der Waals surface area contributed by atoms with E-state index in [2.05, 4.69) is 36.3 Å². The van der Waals surface area contributed by atoms with Crippen molar-refractivity contribution < 1.29 is 4.79 Å². The summed E-state index contributed by atoms with van der Waals surface area (Å²) in [5, 5.41) is 7.34. The van der Waals surface area contributed by atoms with Gasteiger partial charge in [0.2, 0.25) is 11.1 Å². The van der Waals surface area contributed by atoms with Crippen molar-refractivity contribution >= 4 is 45.1 Å². The van der Waals surface area contributed by atoms with Crippen molar-refractivity contribution in [1.29, 1.82) is 0 Å². The fourth-order valence-corrected chi connectivity index (χ4v) is 2.94. The molecule has 3 rings (SSSR count). The number of carbonyl (C=O) groups excluding carboxylic acids is 1. The number of amides is 1. The van der Waals surface area contributed by atoms with Crippen LogP contribution >= 0.6 is 27.7 Å². The van der Waals surface area contributed by atoms with Gasteiger partial charge in [0, 0.05) is 22.6 Å². The topological polar surface area (TPSA) is 72.2 Å². The molecule has 0 fully saturated rings. The van der Waals surface area contributed by atoms with Gasteiger partial charge in [-0.3, -0.25) is 4.79 Å². The molecule has 22 heavy (non-hydrogen) atoms. The van der Waals surface area contributed by atoms with Crippen LogP contribution in [0.15, 0.2) is 52.4 Å². The molecule has 0 saturated carbocycles. The van der Waals surface area contributed by atoms with E-state index in [0.717, 1.165) is 10.2 Å². The van der Waals surface area contributed by atoms with Crippen molar-refractivity contribution in [3.8, 4) is 0 Å². The largest absolute Gasteiger partial charge is 0.325 e. The molecule has 112 valence electrons. The van der Waals surface area contributed by atoms with Crippen LogP contribution in [0, 0.1) is 0 Å². The van der Waals surface area contributed by atoms with Crippen molar-refractivity contribution in [2.75, 3.05) is 5.32 Å². The van der Waals surface area contributed by atoms with Crippen molar-refractivity contribution in [3.63, 3.8) is 0 Å². The summed E-state index contributed by atoms with van der Waals surface area (Å²) in [5.41, 5.74) is 0.747. The molecule has 3 aromatic rings. The molecule has 0 aliphatic rings. The molecule has 0 aliphatic heterocycles. The van der Waals surface area contributed by atoms with Crippen molar-refractivity contribution in [2.24, 2.45) is 0 Å². The normalized spacial score (nSPS) is 12.3. The number of benzene rings is 1. The maximum absolute atomic E-state index is 12.2. The molecule has 1 unspecified atom stereocenters. The Morgan fingerprint density at radius 1 is 1.41 bits per heavy atom. The highest BCUT2D eigenvalue weighted by atomic mass is 79.9. The Hall–Kier alpha value is -1.93. The first-order valence-corrected chi connectivity index (χ1v) is 8.19. The number of carbonyl (C=O) groups is 1. The number of nitrogens with one attached hydrogen (secondary N) is 1. The molecule has 0 saturated heterocycles. The summed E-state index contributed by atoms with van der Waals surface area (Å²) in [6.45, 7) is 1.82. The summed E-state index contributed by atoms with van der Waals surface area (Å²) in [4.78, 5) is 20.6. The Kier molecular flexibility index (Phi) is 4.39. The second-order valence-corrected chi connectivity index (χ2v) is 6.74. The third-order valence-corrected chi connectivity index (χ3v) is 4.29. The Bertz CT molecular complexity index is 789. The number of rotatable bonds is 4. The van der Waals surface area contributed by atoms with Crippen molar-refractivity contribution in [3.05, 3.63) is 47.2 Å². The van der Waals surface area contributed by atoms with Gasteiger partial charge in [-0.25, -0.2) is 9.50 Å². The molecule has 0 radical (unpaired) electrons. The summed E-state index contributed by atoms with van der Waals surface area (Å²) in [6.07, 6.45) is 3.42. The van der Waals surface area contributed by atoms with E-state index in [1.165, 1.54) is 11.8 Å². The first kappa shape index (κ1) is 15.0. The first-order valence-electron chi connectivity index (χ1n) is 6.52. The van der Waals surface area contributed by atoms with Gasteiger partial charge in [-0.2, -0.15) is 4.98 Å². The molecule has 1 atom stereocenters. The molecule has 1 amide bonds. The van der Waals surface area contributed by atoms with E-state index < -0.39 is 0 Å². The van der Waals surface area contributed by atoms with E-state index in [4.69, 9.17) is 0 Å². The summed E-state index contributed by atoms with van der Waals surface area (Å²) >= 11 is 4.67. The van der Waals surface area contributed by atoms with Crippen LogP contribution in [-0.4, -0.2) is 30.7 Å². The molecule has 2 aromatic heterocycles. The lowest BCUT2D eigenvalue weighted by atomic mass is 10.3. The highest BCUT2D eigenvalue weighted by molar-refractivity contribution is 9.10. The second kappa shape index (κ2) is 6.45. The molecule has 6 nitrogen and oxygen atoms in total. The van der Waals surface area contributed by atoms with E-state index in [0.29, 0.717) is 10.9 Å². The van der Waals surface area contributed by atoms with Gasteiger partial charge in [-0.1, -0.05) is 33.8 Å². The third-order valence-electron chi connectivity index (χ3n) is 2.84. The van der Waals surface area contributed by atoms with Gasteiger partial charge in [0.15, 0.2) is 0 Å². The monoisotopic (exact) mass is 377 g/mol. The maximum Gasteiger partial charge on any atom is 0.253 e. The lowest BCUT2D eigenvalue weighted by Gasteiger charge is -2.10. The molecular formula is C14H12BrN5OS. The van der Waals surface area contributed by atoms with E-state index in [-0.39, 0.29) is 11.2 Å². The molecule has 0 bridgehead atoms. The minimum atomic E-state index is -0.323. The summed E-state index contributed by atoms with van der Waals surface area (Å²) in [5.74, 6) is 0.416. The zero-order chi connectivity index (χ0) is 15.5. The molecular weight excluding hydrogens is 366 g/mol. The minimum absolute atomic E-state index is 0.102. The Morgan fingerprint density at radius 2 is 2.27 bits per heavy atom. The number of halogens is 1. The predicted octanol–water partition coefficient (Wildman–Crippen LogP) is 3.01. The van der Waals surface area contributed by atoms with Gasteiger partial charge in [0.25, 0.3) is 5.78 Å². The fourth-order valence-electron chi connectivity index (χ4n) is 1.79. The SMILES string of the molecule is CC(Sc1nc2ncccn2n1)C(=O)Nc1cccc(Br)c1. The average molecular weight is 378 g/mol. The van der Waals surface area contributed by atoms with Gasteiger partial charge < -0.3 is 5.32 Å². The maximum atomic E-state index is 12.2. The van der Waals surface area contributed by atoms with Crippen LogP contribution < -0.4 is 5.32 Å². The lowest BCUT2D eigenvalue weighted by molar-refractivity contribution is -0.115. The van der Waals surface area contributed by atoms with Gasteiger partial charge in [0.1, 0.15) is 0 Å². The standard InChI is InChI=1S/C14H12BrN5OS/c1-9(12(21)17-11-5-2-4-10(15)8-11)22-14-18-13-16-6-3-7-20(13)19-14/h2-9H,1H3,(H,17,21). The van der Waals surface area contributed by atoms with E-state index in [1.807, 2.05) is 31.2 Å². The first-order chi connectivity index (χ1) is 10.6. The Balaban J connectivity index is 1.68. The summed E-state index contributed by atoms with van der Waals surface area (Å²) < 4.78 is 2.50. The Morgan fingerprint density at radius 3 is 3.05 bits per heavy atom. The highest BCUT2D eigenvalue weighted by Crippen LogP contribution is 2.22. The molecule has 0 aliphatic carbocycles. The van der Waals surface area contributed by atoms with Gasteiger partial charge in [0.05, 0.1) is 5.25 Å². The van der Waals surface area contributed by atoms with Crippen LogP contribution in [0.5, 0.6) is 0 Å². The van der Waals surface area contributed by atoms with E-state index in [9.17, 15) is 4.79 Å². The van der Waals surface area contributed by atoms with Gasteiger partial charge in [-0.15, -0.1) is 5.10 Å². The van der Waals surface area contributed by atoms with Crippen LogP contribution in [0.3, 0.4) is 0 Å². The van der Waals surface area contributed by atoms with Crippen LogP contribution in [0.4, 0.5) is 5.69 Å². The van der Waals surface area contributed by atoms with Crippen LogP contribution in [-0.2, 0) is 4.79 Å². The second-order valence-electron chi connectivity index (χ2n) is 4.52. The Labute approximate surface area is 139 Å². The van der Waals surface area contributed by atoms with Gasteiger partial charge in [-0.05, 0) is 31.2 Å². The number of anilines is 1. The minimum Gasteiger partial charge on any atom is -0.325 e. The number of fused-ring (bicyclic) bond motifs is 1. The summed E-state index contributed by atoms with van der Waals surface area (Å²) in [6, 6.07) is 9.24.